The van der Waals surface area contributed by atoms with Gasteiger partial charge in [-0.15, -0.1) is 0 Å². The van der Waals surface area contributed by atoms with E-state index in [9.17, 15) is 24.5 Å². The number of H-pyrrole nitrogens is 1. The predicted molar refractivity (Wildman–Crippen MR) is 154 cm³/mol. The number of nitro benzene ring substituents is 1. The number of fused-ring (bicyclic) bond motifs is 1. The van der Waals surface area contributed by atoms with Gasteiger partial charge in [0, 0.05) is 61.2 Å². The maximum atomic E-state index is 13.2. The van der Waals surface area contributed by atoms with Crippen molar-refractivity contribution in [2.45, 2.75) is 20.4 Å². The molecule has 0 unspecified atom stereocenters. The van der Waals surface area contributed by atoms with Crippen molar-refractivity contribution in [1.29, 1.82) is 0 Å². The SMILES string of the molecule is CC(=O)NCc1ccc(/C(Nc2ccc(-c3c[nH]c(NC(C)=O)n3)cc2)=C2/C(=O)Nc3ccc([N+](=O)[O-])cc32)cc1. The minimum atomic E-state index is -0.504. The molecule has 2 heterocycles. The summed E-state index contributed by atoms with van der Waals surface area (Å²) in [6.45, 7) is 3.19. The van der Waals surface area contributed by atoms with Gasteiger partial charge in [0.15, 0.2) is 0 Å². The summed E-state index contributed by atoms with van der Waals surface area (Å²) in [5.74, 6) is -0.450. The summed E-state index contributed by atoms with van der Waals surface area (Å²) >= 11 is 0. The van der Waals surface area contributed by atoms with Crippen LogP contribution in [0.5, 0.6) is 0 Å². The number of rotatable bonds is 8. The van der Waals surface area contributed by atoms with Crippen molar-refractivity contribution in [2.24, 2.45) is 0 Å². The molecule has 5 N–H and O–H groups in total. The molecule has 1 aliphatic rings. The van der Waals surface area contributed by atoms with Gasteiger partial charge in [-0.1, -0.05) is 36.4 Å². The molecular formula is C29H25N7O5. The molecule has 41 heavy (non-hydrogen) atoms. The number of hydrogen-bond acceptors (Lipinski definition) is 7. The van der Waals surface area contributed by atoms with Crippen LogP contribution in [0.15, 0.2) is 72.9 Å². The standard InChI is InChI=1S/C29H25N7O5/c1-16(37)30-14-18-3-5-20(6-4-18)27(26-23-13-22(36(40)41)11-12-24(23)34-28(26)39)33-21-9-7-19(8-10-21)25-15-31-29(35-25)32-17(2)38/h3-13,15,33H,14H2,1-2H3,(H,30,37)(H,34,39)(H2,31,32,35,38)/b27-26-. The van der Waals surface area contributed by atoms with Crippen LogP contribution >= 0.6 is 0 Å². The van der Waals surface area contributed by atoms with Gasteiger partial charge < -0.3 is 20.9 Å². The van der Waals surface area contributed by atoms with E-state index < -0.39 is 10.8 Å². The highest BCUT2D eigenvalue weighted by Crippen LogP contribution is 2.39. The highest BCUT2D eigenvalue weighted by molar-refractivity contribution is 6.37. The molecule has 0 fully saturated rings. The van der Waals surface area contributed by atoms with Crippen molar-refractivity contribution in [1.82, 2.24) is 15.3 Å². The fourth-order valence-corrected chi connectivity index (χ4v) is 4.38. The van der Waals surface area contributed by atoms with E-state index in [1.165, 1.54) is 32.0 Å². The Morgan fingerprint density at radius 1 is 0.951 bits per heavy atom. The average Bonchev–Trinajstić information content (AvgIpc) is 3.54. The molecule has 206 valence electrons. The first-order valence-electron chi connectivity index (χ1n) is 12.6. The highest BCUT2D eigenvalue weighted by Gasteiger charge is 2.30. The number of amides is 3. The number of imidazole rings is 1. The number of carbonyl (C=O) groups is 3. The van der Waals surface area contributed by atoms with Gasteiger partial charge in [0.1, 0.15) is 0 Å². The van der Waals surface area contributed by atoms with Gasteiger partial charge in [-0.25, -0.2) is 4.98 Å². The largest absolute Gasteiger partial charge is 0.354 e. The second kappa shape index (κ2) is 11.1. The zero-order valence-electron chi connectivity index (χ0n) is 22.1. The summed E-state index contributed by atoms with van der Waals surface area (Å²) < 4.78 is 0. The lowest BCUT2D eigenvalue weighted by atomic mass is 9.98. The monoisotopic (exact) mass is 551 g/mol. The molecule has 3 amide bonds. The molecule has 0 atom stereocenters. The summed E-state index contributed by atoms with van der Waals surface area (Å²) in [5, 5.41) is 22.9. The molecule has 5 rings (SSSR count). The van der Waals surface area contributed by atoms with Gasteiger partial charge in [0.25, 0.3) is 11.6 Å². The maximum absolute atomic E-state index is 13.2. The fourth-order valence-electron chi connectivity index (χ4n) is 4.38. The molecule has 1 aliphatic heterocycles. The number of non-ortho nitro benzene ring substituents is 1. The van der Waals surface area contributed by atoms with E-state index in [2.05, 4.69) is 31.2 Å². The number of hydrogen-bond donors (Lipinski definition) is 5. The molecule has 1 aromatic heterocycles. The lowest BCUT2D eigenvalue weighted by Crippen LogP contribution is -2.18. The summed E-state index contributed by atoms with van der Waals surface area (Å²) in [5.41, 5.74) is 5.06. The van der Waals surface area contributed by atoms with E-state index >= 15 is 0 Å². The van der Waals surface area contributed by atoms with Crippen molar-refractivity contribution < 1.29 is 19.3 Å². The lowest BCUT2D eigenvalue weighted by Gasteiger charge is -2.16. The number of benzene rings is 3. The van der Waals surface area contributed by atoms with Crippen LogP contribution in [0.25, 0.3) is 22.5 Å². The summed E-state index contributed by atoms with van der Waals surface area (Å²) in [6.07, 6.45) is 1.68. The van der Waals surface area contributed by atoms with Crippen LogP contribution in [0.4, 0.5) is 23.0 Å². The lowest BCUT2D eigenvalue weighted by molar-refractivity contribution is -0.384. The molecule has 0 spiro atoms. The molecule has 12 nitrogen and oxygen atoms in total. The third kappa shape index (κ3) is 5.96. The minimum Gasteiger partial charge on any atom is -0.354 e. The highest BCUT2D eigenvalue weighted by atomic mass is 16.6. The Morgan fingerprint density at radius 3 is 2.34 bits per heavy atom. The van der Waals surface area contributed by atoms with E-state index in [1.807, 2.05) is 48.5 Å². The molecule has 0 radical (unpaired) electrons. The van der Waals surface area contributed by atoms with Gasteiger partial charge >= 0.3 is 0 Å². The number of carbonyl (C=O) groups excluding carboxylic acids is 3. The van der Waals surface area contributed by atoms with Gasteiger partial charge in [-0.3, -0.25) is 29.8 Å². The van der Waals surface area contributed by atoms with Crippen molar-refractivity contribution in [3.8, 4) is 11.3 Å². The zero-order valence-corrected chi connectivity index (χ0v) is 22.1. The van der Waals surface area contributed by atoms with Gasteiger partial charge in [-0.05, 0) is 29.3 Å². The Bertz CT molecular complexity index is 1710. The number of anilines is 3. The molecule has 0 saturated carbocycles. The third-order valence-electron chi connectivity index (χ3n) is 6.31. The average molecular weight is 552 g/mol. The van der Waals surface area contributed by atoms with Gasteiger partial charge in [0.2, 0.25) is 17.8 Å². The second-order valence-corrected chi connectivity index (χ2v) is 9.32. The normalized spacial score (nSPS) is 13.2. The van der Waals surface area contributed by atoms with E-state index in [0.717, 1.165) is 11.1 Å². The second-order valence-electron chi connectivity index (χ2n) is 9.32. The molecular weight excluding hydrogens is 526 g/mol. The molecule has 0 bridgehead atoms. The first-order valence-corrected chi connectivity index (χ1v) is 12.6. The third-order valence-corrected chi connectivity index (χ3v) is 6.31. The molecule has 0 aliphatic carbocycles. The van der Waals surface area contributed by atoms with E-state index in [0.29, 0.717) is 46.4 Å². The molecule has 4 aromatic rings. The Kier molecular flexibility index (Phi) is 7.29. The Balaban J connectivity index is 1.53. The van der Waals surface area contributed by atoms with Crippen LogP contribution in [0.1, 0.15) is 30.5 Å². The smallest absolute Gasteiger partial charge is 0.270 e. The van der Waals surface area contributed by atoms with Crippen LogP contribution in [0.2, 0.25) is 0 Å². The topological polar surface area (TPSA) is 171 Å². The van der Waals surface area contributed by atoms with Gasteiger partial charge in [-0.2, -0.15) is 0 Å². The first kappa shape index (κ1) is 26.8. The Hall–Kier alpha value is -5.78. The minimum absolute atomic E-state index is 0.134. The molecule has 3 aromatic carbocycles. The predicted octanol–water partition coefficient (Wildman–Crippen LogP) is 4.51. The number of aromatic nitrogens is 2. The maximum Gasteiger partial charge on any atom is 0.270 e. The molecule has 0 saturated heterocycles. The van der Waals surface area contributed by atoms with E-state index in [4.69, 9.17) is 0 Å². The van der Waals surface area contributed by atoms with Crippen molar-refractivity contribution in [3.63, 3.8) is 0 Å². The Labute approximate surface area is 234 Å². The number of nitro groups is 1. The fraction of sp³-hybridized carbons (Fsp3) is 0.103. The summed E-state index contributed by atoms with van der Waals surface area (Å²) in [4.78, 5) is 54.1. The van der Waals surface area contributed by atoms with Gasteiger partial charge in [0.05, 0.1) is 21.9 Å². The zero-order chi connectivity index (χ0) is 29.1. The Morgan fingerprint density at radius 2 is 1.68 bits per heavy atom. The quantitative estimate of drug-likeness (QED) is 0.122. The van der Waals surface area contributed by atoms with E-state index in [-0.39, 0.29) is 23.1 Å². The van der Waals surface area contributed by atoms with E-state index in [1.54, 1.807) is 6.20 Å². The van der Waals surface area contributed by atoms with Crippen LogP contribution in [-0.2, 0) is 20.9 Å². The van der Waals surface area contributed by atoms with Crippen LogP contribution in [-0.4, -0.2) is 32.6 Å². The van der Waals surface area contributed by atoms with Crippen LogP contribution in [0.3, 0.4) is 0 Å². The number of nitrogens with zero attached hydrogens (tertiary/aromatic N) is 2. The van der Waals surface area contributed by atoms with Crippen molar-refractivity contribution in [3.05, 3.63) is 99.7 Å². The van der Waals surface area contributed by atoms with Crippen molar-refractivity contribution >= 4 is 52.0 Å². The molecule has 12 heteroatoms. The first-order chi connectivity index (χ1) is 19.7. The van der Waals surface area contributed by atoms with Crippen molar-refractivity contribution in [2.75, 3.05) is 16.0 Å². The summed E-state index contributed by atoms with van der Waals surface area (Å²) in [7, 11) is 0. The summed E-state index contributed by atoms with van der Waals surface area (Å²) in [6, 6.07) is 18.8. The number of aromatic amines is 1. The van der Waals surface area contributed by atoms with Crippen LogP contribution < -0.4 is 21.3 Å². The van der Waals surface area contributed by atoms with Crippen LogP contribution in [0, 0.1) is 10.1 Å². The number of nitrogens with one attached hydrogen (secondary N) is 5.